The summed E-state index contributed by atoms with van der Waals surface area (Å²) in [6, 6.07) is 6.80. The number of nitrogens with zero attached hydrogens (tertiary/aromatic N) is 1. The highest BCUT2D eigenvalue weighted by Crippen LogP contribution is 2.35. The van der Waals surface area contributed by atoms with E-state index in [1.165, 1.54) is 18.5 Å². The third kappa shape index (κ3) is 2.84. The Kier molecular flexibility index (Phi) is 3.46. The van der Waals surface area contributed by atoms with Crippen LogP contribution in [0.1, 0.15) is 26.7 Å². The molecular weight excluding hydrogens is 212 g/mol. The van der Waals surface area contributed by atoms with Gasteiger partial charge >= 0.3 is 0 Å². The summed E-state index contributed by atoms with van der Waals surface area (Å²) in [4.78, 5) is 2.48. The second kappa shape index (κ2) is 4.86. The quantitative estimate of drug-likeness (QED) is 0.796. The molecule has 0 spiro atoms. The number of ether oxygens (including phenoxy) is 1. The normalized spacial score (nSPS) is 15.1. The molecule has 1 aromatic rings. The van der Waals surface area contributed by atoms with E-state index in [1.54, 1.807) is 7.11 Å². The van der Waals surface area contributed by atoms with Gasteiger partial charge in [-0.1, -0.05) is 13.8 Å². The first-order valence-electron chi connectivity index (χ1n) is 6.32. The minimum atomic E-state index is 0.666. The molecule has 0 radical (unpaired) electrons. The van der Waals surface area contributed by atoms with Crippen LogP contribution < -0.4 is 15.4 Å². The van der Waals surface area contributed by atoms with Crippen LogP contribution in [0.2, 0.25) is 0 Å². The number of anilines is 2. The lowest BCUT2D eigenvalue weighted by Crippen LogP contribution is -2.29. The molecule has 1 aliphatic rings. The van der Waals surface area contributed by atoms with Crippen molar-refractivity contribution in [2.75, 3.05) is 24.3 Å². The van der Waals surface area contributed by atoms with Crippen LogP contribution in [0, 0.1) is 5.92 Å². The van der Waals surface area contributed by atoms with E-state index in [-0.39, 0.29) is 0 Å². The lowest BCUT2D eigenvalue weighted by molar-refractivity contribution is 0.417. The van der Waals surface area contributed by atoms with Crippen molar-refractivity contribution in [2.24, 2.45) is 5.92 Å². The Morgan fingerprint density at radius 1 is 1.41 bits per heavy atom. The Bertz CT molecular complexity index is 386. The minimum Gasteiger partial charge on any atom is -0.495 e. The van der Waals surface area contributed by atoms with Crippen LogP contribution in [0.3, 0.4) is 0 Å². The lowest BCUT2D eigenvalue weighted by atomic mass is 10.1. The summed E-state index contributed by atoms with van der Waals surface area (Å²) < 4.78 is 5.29. The van der Waals surface area contributed by atoms with Crippen LogP contribution in [0.5, 0.6) is 5.75 Å². The molecule has 0 bridgehead atoms. The van der Waals surface area contributed by atoms with Crippen molar-refractivity contribution in [2.45, 2.75) is 32.7 Å². The lowest BCUT2D eigenvalue weighted by Gasteiger charge is -2.27. The average Bonchev–Trinajstić information content (AvgIpc) is 3.10. The largest absolute Gasteiger partial charge is 0.495 e. The summed E-state index contributed by atoms with van der Waals surface area (Å²) in [5.41, 5.74) is 7.78. The van der Waals surface area contributed by atoms with E-state index in [1.807, 2.05) is 6.07 Å². The molecule has 2 rings (SSSR count). The Hall–Kier alpha value is -1.38. The molecule has 94 valence electrons. The predicted octanol–water partition coefficient (Wildman–Crippen LogP) is 2.90. The third-order valence-electron chi connectivity index (χ3n) is 3.10. The Morgan fingerprint density at radius 2 is 2.12 bits per heavy atom. The van der Waals surface area contributed by atoms with E-state index in [0.29, 0.717) is 17.6 Å². The number of nitrogen functional groups attached to an aromatic ring is 1. The summed E-state index contributed by atoms with van der Waals surface area (Å²) in [6.45, 7) is 5.60. The molecule has 3 nitrogen and oxygen atoms in total. The molecule has 1 aromatic carbocycles. The fourth-order valence-electron chi connectivity index (χ4n) is 2.12. The van der Waals surface area contributed by atoms with Gasteiger partial charge < -0.3 is 15.4 Å². The van der Waals surface area contributed by atoms with Crippen LogP contribution in [0.4, 0.5) is 11.4 Å². The van der Waals surface area contributed by atoms with Gasteiger partial charge in [0.25, 0.3) is 0 Å². The summed E-state index contributed by atoms with van der Waals surface area (Å²) in [7, 11) is 1.67. The molecule has 0 saturated heterocycles. The monoisotopic (exact) mass is 234 g/mol. The van der Waals surface area contributed by atoms with Crippen LogP contribution in [-0.4, -0.2) is 19.7 Å². The van der Waals surface area contributed by atoms with Crippen molar-refractivity contribution < 1.29 is 4.74 Å². The van der Waals surface area contributed by atoms with E-state index in [2.05, 4.69) is 30.9 Å². The van der Waals surface area contributed by atoms with Crippen LogP contribution in [-0.2, 0) is 0 Å². The van der Waals surface area contributed by atoms with E-state index >= 15 is 0 Å². The summed E-state index contributed by atoms with van der Waals surface area (Å²) in [6.07, 6.45) is 2.61. The van der Waals surface area contributed by atoms with E-state index < -0.39 is 0 Å². The molecule has 2 N–H and O–H groups in total. The molecule has 0 amide bonds. The van der Waals surface area contributed by atoms with Gasteiger partial charge in [-0.25, -0.2) is 0 Å². The zero-order valence-corrected chi connectivity index (χ0v) is 10.9. The highest BCUT2D eigenvalue weighted by molar-refractivity contribution is 5.63. The molecule has 1 fully saturated rings. The maximum atomic E-state index is 5.85. The van der Waals surface area contributed by atoms with Crippen LogP contribution >= 0.6 is 0 Å². The highest BCUT2D eigenvalue weighted by atomic mass is 16.5. The molecule has 17 heavy (non-hydrogen) atoms. The maximum Gasteiger partial charge on any atom is 0.143 e. The first-order valence-corrected chi connectivity index (χ1v) is 6.32. The Labute approximate surface area is 104 Å². The second-order valence-corrected chi connectivity index (χ2v) is 5.20. The molecule has 0 heterocycles. The topological polar surface area (TPSA) is 38.5 Å². The van der Waals surface area contributed by atoms with Gasteiger partial charge in [-0.3, -0.25) is 0 Å². The highest BCUT2D eigenvalue weighted by Gasteiger charge is 2.29. The van der Waals surface area contributed by atoms with Crippen LogP contribution in [0.15, 0.2) is 18.2 Å². The van der Waals surface area contributed by atoms with E-state index in [0.717, 1.165) is 12.3 Å². The fourth-order valence-corrected chi connectivity index (χ4v) is 2.12. The minimum absolute atomic E-state index is 0.666. The molecule has 0 unspecified atom stereocenters. The SMILES string of the molecule is COc1cc(N(CC(C)C)C2CC2)ccc1N. The van der Waals surface area contributed by atoms with Gasteiger partial charge in [0, 0.05) is 24.3 Å². The van der Waals surface area contributed by atoms with Crippen molar-refractivity contribution >= 4 is 11.4 Å². The maximum absolute atomic E-state index is 5.85. The zero-order chi connectivity index (χ0) is 12.4. The Morgan fingerprint density at radius 3 is 2.65 bits per heavy atom. The molecular formula is C14H22N2O. The average molecular weight is 234 g/mol. The Balaban J connectivity index is 2.22. The van der Waals surface area contributed by atoms with Gasteiger partial charge in [-0.2, -0.15) is 0 Å². The molecule has 0 aromatic heterocycles. The third-order valence-corrected chi connectivity index (χ3v) is 3.10. The van der Waals surface area contributed by atoms with Crippen molar-refractivity contribution in [3.8, 4) is 5.75 Å². The molecule has 1 saturated carbocycles. The van der Waals surface area contributed by atoms with Crippen LogP contribution in [0.25, 0.3) is 0 Å². The van der Waals surface area contributed by atoms with Crippen molar-refractivity contribution in [1.29, 1.82) is 0 Å². The van der Waals surface area contributed by atoms with Gasteiger partial charge in [-0.05, 0) is 30.9 Å². The van der Waals surface area contributed by atoms with Gasteiger partial charge in [0.1, 0.15) is 5.75 Å². The standard InChI is InChI=1S/C14H22N2O/c1-10(2)9-16(11-4-5-11)12-6-7-13(15)14(8-12)17-3/h6-8,10-11H,4-5,9,15H2,1-3H3. The van der Waals surface area contributed by atoms with Gasteiger partial charge in [0.05, 0.1) is 12.8 Å². The number of rotatable bonds is 5. The van der Waals surface area contributed by atoms with Crippen molar-refractivity contribution in [3.05, 3.63) is 18.2 Å². The summed E-state index contributed by atoms with van der Waals surface area (Å²) >= 11 is 0. The molecule has 3 heteroatoms. The molecule has 0 aliphatic heterocycles. The molecule has 0 atom stereocenters. The number of methoxy groups -OCH3 is 1. The van der Waals surface area contributed by atoms with E-state index in [4.69, 9.17) is 10.5 Å². The number of hydrogen-bond donors (Lipinski definition) is 1. The zero-order valence-electron chi connectivity index (χ0n) is 10.9. The molecule has 1 aliphatic carbocycles. The van der Waals surface area contributed by atoms with Gasteiger partial charge in [0.2, 0.25) is 0 Å². The first kappa shape index (κ1) is 12.1. The van der Waals surface area contributed by atoms with Crippen molar-refractivity contribution in [3.63, 3.8) is 0 Å². The summed E-state index contributed by atoms with van der Waals surface area (Å²) in [5.74, 6) is 1.44. The van der Waals surface area contributed by atoms with Gasteiger partial charge in [-0.15, -0.1) is 0 Å². The van der Waals surface area contributed by atoms with E-state index in [9.17, 15) is 0 Å². The van der Waals surface area contributed by atoms with Gasteiger partial charge in [0.15, 0.2) is 0 Å². The second-order valence-electron chi connectivity index (χ2n) is 5.20. The number of hydrogen-bond acceptors (Lipinski definition) is 3. The van der Waals surface area contributed by atoms with Crippen molar-refractivity contribution in [1.82, 2.24) is 0 Å². The summed E-state index contributed by atoms with van der Waals surface area (Å²) in [5, 5.41) is 0. The fraction of sp³-hybridized carbons (Fsp3) is 0.571. The number of nitrogens with two attached hydrogens (primary N) is 1. The smallest absolute Gasteiger partial charge is 0.143 e. The number of benzene rings is 1. The first-order chi connectivity index (χ1) is 8.11. The predicted molar refractivity (Wildman–Crippen MR) is 72.6 cm³/mol.